The lowest BCUT2D eigenvalue weighted by molar-refractivity contribution is 0.216. The Balaban J connectivity index is 1.77. The number of aromatic nitrogens is 1. The molecule has 0 radical (unpaired) electrons. The zero-order valence-corrected chi connectivity index (χ0v) is 15.0. The standard InChI is InChI=1S/C21H19ClF2N2/c22-17-7-1-5-15(13-17)21-19-9-3-10-25(19)11-4-12-26(21)14-16-6-2-8-18(23)20(16)24/h1-3,5-10,13,21H,4,11-12,14H2. The zero-order chi connectivity index (χ0) is 18.1. The van der Waals surface area contributed by atoms with E-state index in [1.165, 1.54) is 0 Å². The van der Waals surface area contributed by atoms with Gasteiger partial charge in [-0.05, 0) is 42.3 Å². The van der Waals surface area contributed by atoms with Gasteiger partial charge in [-0.15, -0.1) is 0 Å². The predicted molar refractivity (Wildman–Crippen MR) is 99.1 cm³/mol. The first-order valence-electron chi connectivity index (χ1n) is 8.71. The molecule has 0 fully saturated rings. The van der Waals surface area contributed by atoms with E-state index in [4.69, 9.17) is 11.6 Å². The summed E-state index contributed by atoms with van der Waals surface area (Å²) in [5, 5.41) is 0.668. The minimum atomic E-state index is -0.806. The smallest absolute Gasteiger partial charge is 0.163 e. The average Bonchev–Trinajstić information content (AvgIpc) is 3.00. The summed E-state index contributed by atoms with van der Waals surface area (Å²) < 4.78 is 30.2. The van der Waals surface area contributed by atoms with Gasteiger partial charge in [0.1, 0.15) is 0 Å². The third kappa shape index (κ3) is 3.27. The summed E-state index contributed by atoms with van der Waals surface area (Å²) in [7, 11) is 0. The molecule has 0 N–H and O–H groups in total. The topological polar surface area (TPSA) is 8.17 Å². The molecular formula is C21H19ClF2N2. The van der Waals surface area contributed by atoms with Crippen molar-refractivity contribution >= 4 is 11.6 Å². The second-order valence-electron chi connectivity index (χ2n) is 6.62. The van der Waals surface area contributed by atoms with Crippen LogP contribution in [0, 0.1) is 11.6 Å². The average molecular weight is 373 g/mol. The highest BCUT2D eigenvalue weighted by Crippen LogP contribution is 2.34. The van der Waals surface area contributed by atoms with Crippen molar-refractivity contribution in [2.24, 2.45) is 0 Å². The molecule has 5 heteroatoms. The summed E-state index contributed by atoms with van der Waals surface area (Å²) >= 11 is 6.22. The molecule has 26 heavy (non-hydrogen) atoms. The minimum absolute atomic E-state index is 0.0612. The SMILES string of the molecule is Fc1cccc(CN2CCCn3cccc3C2c2cccc(Cl)c2)c1F. The van der Waals surface area contributed by atoms with Crippen molar-refractivity contribution in [2.45, 2.75) is 25.6 Å². The van der Waals surface area contributed by atoms with Gasteiger partial charge < -0.3 is 4.57 Å². The highest BCUT2D eigenvalue weighted by Gasteiger charge is 2.28. The van der Waals surface area contributed by atoms with Crippen molar-refractivity contribution in [1.29, 1.82) is 0 Å². The van der Waals surface area contributed by atoms with E-state index in [0.717, 1.165) is 36.8 Å². The van der Waals surface area contributed by atoms with Crippen LogP contribution in [-0.2, 0) is 13.1 Å². The highest BCUT2D eigenvalue weighted by molar-refractivity contribution is 6.30. The van der Waals surface area contributed by atoms with Crippen LogP contribution in [0.1, 0.15) is 29.3 Å². The Labute approximate surface area is 156 Å². The van der Waals surface area contributed by atoms with Crippen LogP contribution in [0.2, 0.25) is 5.02 Å². The summed E-state index contributed by atoms with van der Waals surface area (Å²) in [5.41, 5.74) is 2.56. The number of benzene rings is 2. The molecule has 0 aliphatic carbocycles. The van der Waals surface area contributed by atoms with E-state index in [1.54, 1.807) is 12.1 Å². The second-order valence-corrected chi connectivity index (χ2v) is 7.06. The monoisotopic (exact) mass is 372 g/mol. The fraction of sp³-hybridized carbons (Fsp3) is 0.238. The maximum absolute atomic E-state index is 14.3. The molecule has 0 saturated heterocycles. The fourth-order valence-electron chi connectivity index (χ4n) is 3.76. The lowest BCUT2D eigenvalue weighted by Crippen LogP contribution is -2.30. The minimum Gasteiger partial charge on any atom is -0.350 e. The van der Waals surface area contributed by atoms with E-state index in [0.29, 0.717) is 17.1 Å². The Morgan fingerprint density at radius 2 is 1.85 bits per heavy atom. The summed E-state index contributed by atoms with van der Waals surface area (Å²) in [6.07, 6.45) is 3.01. The maximum atomic E-state index is 14.3. The molecule has 0 spiro atoms. The lowest BCUT2D eigenvalue weighted by Gasteiger charge is -2.31. The van der Waals surface area contributed by atoms with Gasteiger partial charge in [-0.25, -0.2) is 8.78 Å². The molecule has 0 amide bonds. The fourth-order valence-corrected chi connectivity index (χ4v) is 3.96. The molecule has 134 valence electrons. The van der Waals surface area contributed by atoms with Crippen LogP contribution in [0.5, 0.6) is 0 Å². The summed E-state index contributed by atoms with van der Waals surface area (Å²) in [5.74, 6) is -1.57. The predicted octanol–water partition coefficient (Wildman–Crippen LogP) is 5.42. The molecule has 1 atom stereocenters. The van der Waals surface area contributed by atoms with Gasteiger partial charge >= 0.3 is 0 Å². The molecule has 2 nitrogen and oxygen atoms in total. The van der Waals surface area contributed by atoms with Gasteiger partial charge in [-0.3, -0.25) is 4.90 Å². The van der Waals surface area contributed by atoms with E-state index in [1.807, 2.05) is 30.3 Å². The summed E-state index contributed by atoms with van der Waals surface area (Å²) in [4.78, 5) is 2.20. The molecule has 1 unspecified atom stereocenters. The number of hydrogen-bond acceptors (Lipinski definition) is 1. The van der Waals surface area contributed by atoms with E-state index in [9.17, 15) is 8.78 Å². The number of hydrogen-bond donors (Lipinski definition) is 0. The first kappa shape index (κ1) is 17.3. The molecule has 1 aromatic heterocycles. The maximum Gasteiger partial charge on any atom is 0.163 e. The third-order valence-corrected chi connectivity index (χ3v) is 5.16. The number of aryl methyl sites for hydroxylation is 1. The molecule has 0 bridgehead atoms. The van der Waals surface area contributed by atoms with Gasteiger partial charge in [0.05, 0.1) is 6.04 Å². The van der Waals surface area contributed by atoms with Crippen LogP contribution in [0.15, 0.2) is 60.8 Å². The number of halogens is 3. The van der Waals surface area contributed by atoms with Crippen LogP contribution < -0.4 is 0 Å². The molecule has 4 rings (SSSR count). The van der Waals surface area contributed by atoms with E-state index in [-0.39, 0.29) is 6.04 Å². The molecular weight excluding hydrogens is 354 g/mol. The number of fused-ring (bicyclic) bond motifs is 1. The van der Waals surface area contributed by atoms with Crippen molar-refractivity contribution in [3.63, 3.8) is 0 Å². The Kier molecular flexibility index (Phi) is 4.79. The van der Waals surface area contributed by atoms with Crippen LogP contribution in [-0.4, -0.2) is 16.0 Å². The number of nitrogens with zero attached hydrogens (tertiary/aromatic N) is 2. The van der Waals surface area contributed by atoms with Crippen LogP contribution in [0.3, 0.4) is 0 Å². The van der Waals surface area contributed by atoms with E-state index >= 15 is 0 Å². The zero-order valence-electron chi connectivity index (χ0n) is 14.2. The third-order valence-electron chi connectivity index (χ3n) is 4.92. The Morgan fingerprint density at radius 1 is 1.00 bits per heavy atom. The molecule has 2 heterocycles. The van der Waals surface area contributed by atoms with Gasteiger partial charge in [0.25, 0.3) is 0 Å². The summed E-state index contributed by atoms with van der Waals surface area (Å²) in [6.45, 7) is 2.03. The second kappa shape index (κ2) is 7.22. The largest absolute Gasteiger partial charge is 0.350 e. The van der Waals surface area contributed by atoms with Crippen molar-refractivity contribution in [1.82, 2.24) is 9.47 Å². The Morgan fingerprint density at radius 3 is 2.69 bits per heavy atom. The van der Waals surface area contributed by atoms with Crippen LogP contribution >= 0.6 is 11.6 Å². The molecule has 1 aliphatic rings. The quantitative estimate of drug-likeness (QED) is 0.596. The van der Waals surface area contributed by atoms with Crippen LogP contribution in [0.25, 0.3) is 0 Å². The summed E-state index contributed by atoms with van der Waals surface area (Å²) in [6, 6.07) is 16.2. The Bertz CT molecular complexity index is 922. The Hall–Kier alpha value is -2.17. The van der Waals surface area contributed by atoms with Gasteiger partial charge in [-0.2, -0.15) is 0 Å². The van der Waals surface area contributed by atoms with Crippen molar-refractivity contribution in [3.05, 3.63) is 94.3 Å². The first-order chi connectivity index (χ1) is 12.6. The molecule has 1 aliphatic heterocycles. The molecule has 2 aromatic carbocycles. The molecule has 0 saturated carbocycles. The van der Waals surface area contributed by atoms with Gasteiger partial charge in [0.2, 0.25) is 0 Å². The van der Waals surface area contributed by atoms with Crippen molar-refractivity contribution in [2.75, 3.05) is 6.54 Å². The number of rotatable bonds is 3. The van der Waals surface area contributed by atoms with Crippen molar-refractivity contribution < 1.29 is 8.78 Å². The first-order valence-corrected chi connectivity index (χ1v) is 9.09. The highest BCUT2D eigenvalue weighted by atomic mass is 35.5. The van der Waals surface area contributed by atoms with Gasteiger partial charge in [-0.1, -0.05) is 35.9 Å². The molecule has 3 aromatic rings. The van der Waals surface area contributed by atoms with Gasteiger partial charge in [0, 0.05) is 42.1 Å². The van der Waals surface area contributed by atoms with E-state index in [2.05, 4.69) is 21.7 Å². The van der Waals surface area contributed by atoms with Crippen LogP contribution in [0.4, 0.5) is 8.78 Å². The van der Waals surface area contributed by atoms with Gasteiger partial charge in [0.15, 0.2) is 11.6 Å². The van der Waals surface area contributed by atoms with E-state index < -0.39 is 11.6 Å². The normalized spacial score (nSPS) is 17.7. The van der Waals surface area contributed by atoms with Crippen molar-refractivity contribution in [3.8, 4) is 0 Å². The lowest BCUT2D eigenvalue weighted by atomic mass is 10.0.